The summed E-state index contributed by atoms with van der Waals surface area (Å²) in [6.45, 7) is 5.23. The Balaban J connectivity index is 1.72. The van der Waals surface area contributed by atoms with Gasteiger partial charge in [0.05, 0.1) is 12.0 Å². The Morgan fingerprint density at radius 3 is 2.95 bits per heavy atom. The SMILES string of the molecule is CCOC(=O)C12CCCC1CN(Cc1ccccc1)C2. The van der Waals surface area contributed by atoms with Gasteiger partial charge >= 0.3 is 5.97 Å². The first kappa shape index (κ1) is 13.6. The molecule has 1 saturated carbocycles. The van der Waals surface area contributed by atoms with E-state index in [2.05, 4.69) is 29.2 Å². The number of likely N-dealkylation sites (tertiary alicyclic amines) is 1. The zero-order valence-corrected chi connectivity index (χ0v) is 12.2. The minimum Gasteiger partial charge on any atom is -0.466 e. The predicted octanol–water partition coefficient (Wildman–Crippen LogP) is 2.85. The Labute approximate surface area is 120 Å². The smallest absolute Gasteiger partial charge is 0.313 e. The molecular weight excluding hydrogens is 250 g/mol. The van der Waals surface area contributed by atoms with Crippen LogP contribution in [0.5, 0.6) is 0 Å². The molecule has 1 saturated heterocycles. The standard InChI is InChI=1S/C17H23NO2/c1-2-20-16(19)17-10-6-9-15(17)12-18(13-17)11-14-7-4-3-5-8-14/h3-5,7-8,15H,2,6,9-13H2,1H3. The normalized spacial score (nSPS) is 29.4. The zero-order chi connectivity index (χ0) is 14.0. The highest BCUT2D eigenvalue weighted by Crippen LogP contribution is 2.49. The summed E-state index contributed by atoms with van der Waals surface area (Å²) in [7, 11) is 0. The maximum Gasteiger partial charge on any atom is 0.313 e. The lowest BCUT2D eigenvalue weighted by Gasteiger charge is -2.26. The van der Waals surface area contributed by atoms with Crippen LogP contribution in [-0.2, 0) is 16.1 Å². The second-order valence-electron chi connectivity index (χ2n) is 6.12. The molecule has 1 aromatic rings. The molecule has 2 unspecified atom stereocenters. The van der Waals surface area contributed by atoms with Crippen molar-refractivity contribution >= 4 is 5.97 Å². The second-order valence-corrected chi connectivity index (χ2v) is 6.12. The highest BCUT2D eigenvalue weighted by atomic mass is 16.5. The molecule has 2 atom stereocenters. The van der Waals surface area contributed by atoms with Crippen LogP contribution in [0.1, 0.15) is 31.7 Å². The van der Waals surface area contributed by atoms with E-state index in [9.17, 15) is 4.79 Å². The Morgan fingerprint density at radius 2 is 2.20 bits per heavy atom. The number of nitrogens with zero attached hydrogens (tertiary/aromatic N) is 1. The second kappa shape index (κ2) is 5.57. The van der Waals surface area contributed by atoms with Gasteiger partial charge in [-0.3, -0.25) is 9.69 Å². The highest BCUT2D eigenvalue weighted by Gasteiger charge is 2.55. The number of carbonyl (C=O) groups is 1. The maximum atomic E-state index is 12.4. The molecular formula is C17H23NO2. The summed E-state index contributed by atoms with van der Waals surface area (Å²) < 4.78 is 5.36. The van der Waals surface area contributed by atoms with E-state index < -0.39 is 0 Å². The molecule has 20 heavy (non-hydrogen) atoms. The quantitative estimate of drug-likeness (QED) is 0.790. The summed E-state index contributed by atoms with van der Waals surface area (Å²) in [5.41, 5.74) is 1.11. The summed E-state index contributed by atoms with van der Waals surface area (Å²) in [6.07, 6.45) is 3.34. The lowest BCUT2D eigenvalue weighted by atomic mass is 9.81. The van der Waals surface area contributed by atoms with Gasteiger partial charge in [0.2, 0.25) is 0 Å². The van der Waals surface area contributed by atoms with Crippen LogP contribution >= 0.6 is 0 Å². The molecule has 0 aromatic heterocycles. The maximum absolute atomic E-state index is 12.4. The minimum absolute atomic E-state index is 0.0399. The van der Waals surface area contributed by atoms with E-state index in [0.717, 1.165) is 26.1 Å². The van der Waals surface area contributed by atoms with Crippen LogP contribution in [0, 0.1) is 11.3 Å². The number of rotatable bonds is 4. The van der Waals surface area contributed by atoms with Gasteiger partial charge in [-0.2, -0.15) is 0 Å². The van der Waals surface area contributed by atoms with Gasteiger partial charge in [0.1, 0.15) is 0 Å². The fraction of sp³-hybridized carbons (Fsp3) is 0.588. The highest BCUT2D eigenvalue weighted by molar-refractivity contribution is 5.78. The summed E-state index contributed by atoms with van der Waals surface area (Å²) in [5.74, 6) is 0.531. The van der Waals surface area contributed by atoms with Gasteiger partial charge < -0.3 is 4.74 Å². The third kappa shape index (κ3) is 2.35. The van der Waals surface area contributed by atoms with E-state index in [4.69, 9.17) is 4.74 Å². The van der Waals surface area contributed by atoms with Gasteiger partial charge in [-0.25, -0.2) is 0 Å². The number of fused-ring (bicyclic) bond motifs is 1. The molecule has 3 nitrogen and oxygen atoms in total. The van der Waals surface area contributed by atoms with Gasteiger partial charge in [-0.1, -0.05) is 36.8 Å². The van der Waals surface area contributed by atoms with E-state index in [1.165, 1.54) is 18.4 Å². The molecule has 0 spiro atoms. The number of esters is 1. The van der Waals surface area contributed by atoms with Crippen molar-refractivity contribution in [2.24, 2.45) is 11.3 Å². The molecule has 2 aliphatic rings. The minimum atomic E-state index is -0.217. The van der Waals surface area contributed by atoms with E-state index in [1.807, 2.05) is 13.0 Å². The van der Waals surface area contributed by atoms with Crippen LogP contribution in [0.4, 0.5) is 0 Å². The van der Waals surface area contributed by atoms with Gasteiger partial charge in [-0.15, -0.1) is 0 Å². The summed E-state index contributed by atoms with van der Waals surface area (Å²) in [5, 5.41) is 0. The Kier molecular flexibility index (Phi) is 3.79. The molecule has 0 radical (unpaired) electrons. The first-order valence-electron chi connectivity index (χ1n) is 7.68. The van der Waals surface area contributed by atoms with Crippen molar-refractivity contribution in [1.82, 2.24) is 4.90 Å². The molecule has 0 amide bonds. The third-order valence-electron chi connectivity index (χ3n) is 4.87. The molecule has 0 bridgehead atoms. The zero-order valence-electron chi connectivity index (χ0n) is 12.2. The lowest BCUT2D eigenvalue weighted by molar-refractivity contribution is -0.156. The van der Waals surface area contributed by atoms with E-state index in [0.29, 0.717) is 12.5 Å². The summed E-state index contributed by atoms with van der Waals surface area (Å²) in [6, 6.07) is 10.5. The van der Waals surface area contributed by atoms with Gasteiger partial charge in [0.15, 0.2) is 0 Å². The topological polar surface area (TPSA) is 29.5 Å². The van der Waals surface area contributed by atoms with Crippen molar-refractivity contribution in [3.63, 3.8) is 0 Å². The van der Waals surface area contributed by atoms with Crippen molar-refractivity contribution in [3.8, 4) is 0 Å². The number of hydrogen-bond acceptors (Lipinski definition) is 3. The predicted molar refractivity (Wildman–Crippen MR) is 78.1 cm³/mol. The van der Waals surface area contributed by atoms with Crippen LogP contribution in [0.25, 0.3) is 0 Å². The molecule has 1 heterocycles. The molecule has 3 rings (SSSR count). The van der Waals surface area contributed by atoms with E-state index in [1.54, 1.807) is 0 Å². The number of benzene rings is 1. The first-order valence-corrected chi connectivity index (χ1v) is 7.68. The number of hydrogen-bond donors (Lipinski definition) is 0. The van der Waals surface area contributed by atoms with Crippen LogP contribution in [-0.4, -0.2) is 30.6 Å². The largest absolute Gasteiger partial charge is 0.466 e. The fourth-order valence-corrected chi connectivity index (χ4v) is 3.96. The molecule has 0 N–H and O–H groups in total. The fourth-order valence-electron chi connectivity index (χ4n) is 3.96. The average Bonchev–Trinajstić information content (AvgIpc) is 2.97. The summed E-state index contributed by atoms with van der Waals surface area (Å²) >= 11 is 0. The van der Waals surface area contributed by atoms with Crippen LogP contribution in [0.3, 0.4) is 0 Å². The molecule has 1 aromatic carbocycles. The van der Waals surface area contributed by atoms with Crippen LogP contribution in [0.2, 0.25) is 0 Å². The van der Waals surface area contributed by atoms with Crippen molar-refractivity contribution in [2.75, 3.05) is 19.7 Å². The molecule has 1 aliphatic heterocycles. The molecule has 108 valence electrons. The molecule has 3 heteroatoms. The first-order chi connectivity index (χ1) is 9.74. The monoisotopic (exact) mass is 273 g/mol. The van der Waals surface area contributed by atoms with Crippen LogP contribution in [0.15, 0.2) is 30.3 Å². The molecule has 1 aliphatic carbocycles. The van der Waals surface area contributed by atoms with Crippen LogP contribution < -0.4 is 0 Å². The Morgan fingerprint density at radius 1 is 1.40 bits per heavy atom. The van der Waals surface area contributed by atoms with Gasteiger partial charge in [-0.05, 0) is 31.2 Å². The third-order valence-corrected chi connectivity index (χ3v) is 4.87. The van der Waals surface area contributed by atoms with Crippen molar-refractivity contribution in [3.05, 3.63) is 35.9 Å². The Bertz CT molecular complexity index is 473. The number of carbonyl (C=O) groups excluding carboxylic acids is 1. The van der Waals surface area contributed by atoms with E-state index in [-0.39, 0.29) is 11.4 Å². The van der Waals surface area contributed by atoms with Crippen molar-refractivity contribution in [2.45, 2.75) is 32.7 Å². The summed E-state index contributed by atoms with van der Waals surface area (Å²) in [4.78, 5) is 14.8. The van der Waals surface area contributed by atoms with Gasteiger partial charge in [0.25, 0.3) is 0 Å². The Hall–Kier alpha value is -1.35. The van der Waals surface area contributed by atoms with E-state index >= 15 is 0 Å². The molecule has 2 fully saturated rings. The van der Waals surface area contributed by atoms with Crippen molar-refractivity contribution in [1.29, 1.82) is 0 Å². The van der Waals surface area contributed by atoms with Gasteiger partial charge in [0, 0.05) is 19.6 Å². The van der Waals surface area contributed by atoms with Crippen molar-refractivity contribution < 1.29 is 9.53 Å². The number of ether oxygens (including phenoxy) is 1. The lowest BCUT2D eigenvalue weighted by Crippen LogP contribution is -2.37. The average molecular weight is 273 g/mol.